The van der Waals surface area contributed by atoms with Crippen LogP contribution in [0, 0.1) is 6.92 Å². The number of nitrogens with zero attached hydrogens (tertiary/aromatic N) is 3. The molecule has 2 saturated heterocycles. The van der Waals surface area contributed by atoms with Crippen LogP contribution in [0.3, 0.4) is 0 Å². The smallest absolute Gasteiger partial charge is 0.475 e. The zero-order valence-corrected chi connectivity index (χ0v) is 17.8. The minimum Gasteiger partial charge on any atom is -0.475 e. The molecule has 8 nitrogen and oxygen atoms in total. The highest BCUT2D eigenvalue weighted by atomic mass is 19.4. The minimum absolute atomic E-state index is 0.0436. The maximum atomic E-state index is 12.5. The number of likely N-dealkylation sites (tertiary alicyclic amines) is 1. The second-order valence-electron chi connectivity index (χ2n) is 7.99. The maximum absolute atomic E-state index is 12.5. The molecule has 2 heterocycles. The number of hydrogen-bond acceptors (Lipinski definition) is 5. The van der Waals surface area contributed by atoms with Crippen molar-refractivity contribution in [1.29, 1.82) is 0 Å². The summed E-state index contributed by atoms with van der Waals surface area (Å²) >= 11 is 0. The van der Waals surface area contributed by atoms with Gasteiger partial charge in [-0.2, -0.15) is 13.2 Å². The summed E-state index contributed by atoms with van der Waals surface area (Å²) < 4.78 is 37.7. The van der Waals surface area contributed by atoms with Crippen molar-refractivity contribution in [2.24, 2.45) is 0 Å². The molecule has 1 aromatic rings. The monoisotopic (exact) mass is 445 g/mol. The molecule has 0 bridgehead atoms. The van der Waals surface area contributed by atoms with Crippen molar-refractivity contribution < 1.29 is 37.4 Å². The number of carboxylic acid groups (broad SMARTS) is 1. The van der Waals surface area contributed by atoms with Crippen LogP contribution in [0.4, 0.5) is 13.2 Å². The second kappa shape index (κ2) is 9.23. The molecule has 1 N–H and O–H groups in total. The van der Waals surface area contributed by atoms with Crippen molar-refractivity contribution in [3.8, 4) is 0 Å². The molecule has 1 atom stereocenters. The lowest BCUT2D eigenvalue weighted by Crippen LogP contribution is -2.73. The molecule has 1 aromatic carbocycles. The van der Waals surface area contributed by atoms with Gasteiger partial charge in [-0.3, -0.25) is 14.5 Å². The van der Waals surface area contributed by atoms with Gasteiger partial charge in [-0.25, -0.2) is 4.79 Å². The number of hydrogen-bond donors (Lipinski definition) is 1. The topological polar surface area (TPSA) is 90.4 Å². The first-order valence-corrected chi connectivity index (χ1v) is 9.47. The summed E-state index contributed by atoms with van der Waals surface area (Å²) in [5.41, 5.74) is 1.46. The van der Waals surface area contributed by atoms with Gasteiger partial charge in [0.05, 0.1) is 19.7 Å². The van der Waals surface area contributed by atoms with Crippen molar-refractivity contribution in [1.82, 2.24) is 14.7 Å². The summed E-state index contributed by atoms with van der Waals surface area (Å²) in [6.45, 7) is 4.17. The number of alkyl halides is 3. The normalized spacial score (nSPS) is 20.4. The van der Waals surface area contributed by atoms with Crippen LogP contribution in [0.15, 0.2) is 24.3 Å². The van der Waals surface area contributed by atoms with Gasteiger partial charge in [0, 0.05) is 26.2 Å². The van der Waals surface area contributed by atoms with Gasteiger partial charge in [0.25, 0.3) is 5.91 Å². The van der Waals surface area contributed by atoms with Crippen LogP contribution in [0.5, 0.6) is 0 Å². The Hall–Kier alpha value is -2.66. The minimum atomic E-state index is -5.08. The van der Waals surface area contributed by atoms with Crippen LogP contribution >= 0.6 is 0 Å². The summed E-state index contributed by atoms with van der Waals surface area (Å²) in [6, 6.07) is 7.40. The van der Waals surface area contributed by atoms with Crippen LogP contribution < -0.4 is 0 Å². The van der Waals surface area contributed by atoms with Crippen LogP contribution in [0.1, 0.15) is 15.9 Å². The van der Waals surface area contributed by atoms with Crippen molar-refractivity contribution in [3.05, 3.63) is 35.4 Å². The number of likely N-dealkylation sites (N-methyl/N-ethyl adjacent to an activating group) is 2. The van der Waals surface area contributed by atoms with E-state index in [0.29, 0.717) is 26.2 Å². The van der Waals surface area contributed by atoms with Crippen molar-refractivity contribution in [3.63, 3.8) is 0 Å². The Morgan fingerprint density at radius 3 is 2.23 bits per heavy atom. The molecule has 1 spiro atoms. The van der Waals surface area contributed by atoms with E-state index in [4.69, 9.17) is 14.6 Å². The number of halogens is 3. The first-order chi connectivity index (χ1) is 14.3. The molecule has 0 radical (unpaired) electrons. The second-order valence-corrected chi connectivity index (χ2v) is 7.99. The van der Waals surface area contributed by atoms with Crippen LogP contribution in [0.25, 0.3) is 0 Å². The summed E-state index contributed by atoms with van der Waals surface area (Å²) in [7, 11) is 5.46. The number of aliphatic carboxylic acids is 1. The molecule has 0 aromatic heterocycles. The highest BCUT2D eigenvalue weighted by Gasteiger charge is 2.51. The van der Waals surface area contributed by atoms with E-state index in [1.165, 1.54) is 0 Å². The average Bonchev–Trinajstić information content (AvgIpc) is 2.64. The van der Waals surface area contributed by atoms with Crippen molar-refractivity contribution >= 4 is 17.8 Å². The highest BCUT2D eigenvalue weighted by Crippen LogP contribution is 2.32. The van der Waals surface area contributed by atoms with E-state index in [1.54, 1.807) is 19.0 Å². The number of rotatable bonds is 2. The first kappa shape index (κ1) is 24.6. The molecule has 31 heavy (non-hydrogen) atoms. The third-order valence-electron chi connectivity index (χ3n) is 5.10. The molecule has 11 heteroatoms. The van der Waals surface area contributed by atoms with E-state index in [1.807, 2.05) is 48.0 Å². The fourth-order valence-electron chi connectivity index (χ4n) is 3.50. The van der Waals surface area contributed by atoms with Crippen molar-refractivity contribution in [2.45, 2.75) is 24.7 Å². The van der Waals surface area contributed by atoms with Gasteiger partial charge in [0.1, 0.15) is 11.6 Å². The number of carboxylic acids is 1. The number of carbonyl (C=O) groups excluding carboxylic acids is 2. The van der Waals surface area contributed by atoms with E-state index in [2.05, 4.69) is 0 Å². The summed E-state index contributed by atoms with van der Waals surface area (Å²) in [5.74, 6) is -2.66. The Kier molecular flexibility index (Phi) is 7.32. The Morgan fingerprint density at radius 2 is 1.77 bits per heavy atom. The van der Waals surface area contributed by atoms with Crippen molar-refractivity contribution in [2.75, 3.05) is 47.4 Å². The van der Waals surface area contributed by atoms with Gasteiger partial charge in [-0.1, -0.05) is 17.7 Å². The third kappa shape index (κ3) is 5.95. The fourth-order valence-corrected chi connectivity index (χ4v) is 3.50. The van der Waals surface area contributed by atoms with E-state index in [9.17, 15) is 22.8 Å². The molecule has 0 saturated carbocycles. The van der Waals surface area contributed by atoms with Crippen LogP contribution in [-0.2, 0) is 14.3 Å². The molecule has 2 aliphatic heterocycles. The van der Waals surface area contributed by atoms with Crippen LogP contribution in [-0.4, -0.2) is 103 Å². The number of benzene rings is 1. The van der Waals surface area contributed by atoms with Gasteiger partial charge in [0.2, 0.25) is 5.91 Å². The van der Waals surface area contributed by atoms with Gasteiger partial charge in [-0.15, -0.1) is 0 Å². The Morgan fingerprint density at radius 1 is 1.19 bits per heavy atom. The first-order valence-electron chi connectivity index (χ1n) is 9.47. The number of carbonyl (C=O) groups is 3. The molecule has 1 unspecified atom stereocenters. The van der Waals surface area contributed by atoms with E-state index in [-0.39, 0.29) is 23.5 Å². The highest BCUT2D eigenvalue weighted by molar-refractivity contribution is 5.95. The lowest BCUT2D eigenvalue weighted by molar-refractivity contribution is -0.192. The summed E-state index contributed by atoms with van der Waals surface area (Å²) in [6.07, 6.45) is -5.08. The van der Waals surface area contributed by atoms with Gasteiger partial charge in [0.15, 0.2) is 0 Å². The number of aryl methyl sites for hydroxylation is 1. The molecular weight excluding hydrogens is 419 g/mol. The molecule has 172 valence electrons. The predicted molar refractivity (Wildman–Crippen MR) is 105 cm³/mol. The SMILES string of the molecule is Cc1cccc(C(=O)N2CC3(C2)CN(C)C(C(=O)N(C)C)CO3)c1.O=C(O)C(F)(F)F. The number of ether oxygens (including phenoxy) is 1. The third-order valence-corrected chi connectivity index (χ3v) is 5.10. The predicted octanol–water partition coefficient (Wildman–Crippen LogP) is 1.24. The standard InChI is InChI=1S/C18H25N3O3.C2HF3O2/c1-13-6-5-7-14(8-13)16(22)21-11-18(12-21)10-20(4)15(9-24-18)17(23)19(2)3;3-2(4,5)1(6)7/h5-8,15H,9-12H2,1-4H3;(H,6,7). The Labute approximate surface area is 178 Å². The zero-order chi connectivity index (χ0) is 23.6. The zero-order valence-electron chi connectivity index (χ0n) is 17.8. The molecule has 0 aliphatic carbocycles. The largest absolute Gasteiger partial charge is 0.490 e. The molecule has 3 rings (SSSR count). The average molecular weight is 445 g/mol. The van der Waals surface area contributed by atoms with Gasteiger partial charge < -0.3 is 19.6 Å². The van der Waals surface area contributed by atoms with E-state index >= 15 is 0 Å². The summed E-state index contributed by atoms with van der Waals surface area (Å²) in [5, 5.41) is 7.12. The van der Waals surface area contributed by atoms with Gasteiger partial charge >= 0.3 is 12.1 Å². The lowest BCUT2D eigenvalue weighted by Gasteiger charge is -2.54. The molecular formula is C20H26F3N3O5. The Balaban J connectivity index is 0.000000423. The number of amides is 2. The van der Waals surface area contributed by atoms with Crippen LogP contribution in [0.2, 0.25) is 0 Å². The molecule has 2 aliphatic rings. The number of morpholine rings is 1. The lowest BCUT2D eigenvalue weighted by atomic mass is 9.89. The van der Waals surface area contributed by atoms with E-state index < -0.39 is 12.1 Å². The van der Waals surface area contributed by atoms with E-state index in [0.717, 1.165) is 11.1 Å². The maximum Gasteiger partial charge on any atom is 0.490 e. The molecule has 2 amide bonds. The molecule has 2 fully saturated rings. The summed E-state index contributed by atoms with van der Waals surface area (Å²) in [4.78, 5) is 39.0. The fraction of sp³-hybridized carbons (Fsp3) is 0.550. The Bertz CT molecular complexity index is 838. The van der Waals surface area contributed by atoms with Gasteiger partial charge in [-0.05, 0) is 26.1 Å². The quantitative estimate of drug-likeness (QED) is 0.737.